The molecule has 1 amide bonds. The molecule has 0 fully saturated rings. The lowest BCUT2D eigenvalue weighted by atomic mass is 10.1. The minimum absolute atomic E-state index is 0.298. The van der Waals surface area contributed by atoms with E-state index in [0.29, 0.717) is 23.6 Å². The molecule has 1 unspecified atom stereocenters. The molecule has 1 atom stereocenters. The van der Waals surface area contributed by atoms with Crippen LogP contribution in [-0.2, 0) is 11.8 Å². The van der Waals surface area contributed by atoms with E-state index in [0.717, 1.165) is 5.56 Å². The number of amides is 1. The summed E-state index contributed by atoms with van der Waals surface area (Å²) in [6.07, 6.45) is 3.31. The lowest BCUT2D eigenvalue weighted by Gasteiger charge is -2.14. The Balaban J connectivity index is 2.15. The number of ether oxygens (including phenoxy) is 1. The van der Waals surface area contributed by atoms with Crippen molar-refractivity contribution in [3.05, 3.63) is 41.7 Å². The molecule has 1 aromatic carbocycles. The van der Waals surface area contributed by atoms with Crippen LogP contribution in [-0.4, -0.2) is 22.3 Å². The summed E-state index contributed by atoms with van der Waals surface area (Å²) < 4.78 is 7.15. The Kier molecular flexibility index (Phi) is 4.59. The zero-order chi connectivity index (χ0) is 15.4. The molecule has 6 heteroatoms. The number of rotatable bonds is 5. The fourth-order valence-electron chi connectivity index (χ4n) is 1.97. The van der Waals surface area contributed by atoms with Gasteiger partial charge in [0.2, 0.25) is 5.91 Å². The SMILES string of the molecule is CCOc1cc(C)ccc1NC(=O)C(N)c1cnn(C)c1. The first-order valence-corrected chi connectivity index (χ1v) is 6.79. The molecule has 21 heavy (non-hydrogen) atoms. The number of hydrogen-bond donors (Lipinski definition) is 2. The molecule has 112 valence electrons. The van der Waals surface area contributed by atoms with Gasteiger partial charge in [0.05, 0.1) is 18.5 Å². The van der Waals surface area contributed by atoms with Crippen molar-refractivity contribution >= 4 is 11.6 Å². The second-order valence-electron chi connectivity index (χ2n) is 4.85. The molecule has 3 N–H and O–H groups in total. The van der Waals surface area contributed by atoms with Crippen molar-refractivity contribution in [1.29, 1.82) is 0 Å². The monoisotopic (exact) mass is 288 g/mol. The lowest BCUT2D eigenvalue weighted by molar-refractivity contribution is -0.117. The van der Waals surface area contributed by atoms with E-state index in [1.807, 2.05) is 32.0 Å². The summed E-state index contributed by atoms with van der Waals surface area (Å²) in [6.45, 7) is 4.39. The average Bonchev–Trinajstić information content (AvgIpc) is 2.88. The Morgan fingerprint density at radius 2 is 2.29 bits per heavy atom. The van der Waals surface area contributed by atoms with Gasteiger partial charge in [-0.15, -0.1) is 0 Å². The van der Waals surface area contributed by atoms with Crippen LogP contribution in [0.4, 0.5) is 5.69 Å². The molecule has 0 aliphatic rings. The predicted octanol–water partition coefficient (Wildman–Crippen LogP) is 1.77. The van der Waals surface area contributed by atoms with Gasteiger partial charge in [0.15, 0.2) is 0 Å². The molecular weight excluding hydrogens is 268 g/mol. The first-order valence-electron chi connectivity index (χ1n) is 6.79. The van der Waals surface area contributed by atoms with Crippen LogP contribution in [0.15, 0.2) is 30.6 Å². The number of hydrogen-bond acceptors (Lipinski definition) is 4. The Labute approximate surface area is 123 Å². The van der Waals surface area contributed by atoms with E-state index in [4.69, 9.17) is 10.5 Å². The van der Waals surface area contributed by atoms with Gasteiger partial charge in [-0.05, 0) is 31.5 Å². The van der Waals surface area contributed by atoms with E-state index < -0.39 is 6.04 Å². The fourth-order valence-corrected chi connectivity index (χ4v) is 1.97. The van der Waals surface area contributed by atoms with Crippen molar-refractivity contribution in [1.82, 2.24) is 9.78 Å². The molecule has 0 spiro atoms. The molecular formula is C15H20N4O2. The van der Waals surface area contributed by atoms with Gasteiger partial charge in [0.25, 0.3) is 0 Å². The third-order valence-electron chi connectivity index (χ3n) is 3.06. The third kappa shape index (κ3) is 3.61. The minimum atomic E-state index is -0.769. The smallest absolute Gasteiger partial charge is 0.246 e. The molecule has 1 heterocycles. The number of carbonyl (C=O) groups is 1. The summed E-state index contributed by atoms with van der Waals surface area (Å²) in [5.74, 6) is 0.344. The van der Waals surface area contributed by atoms with Gasteiger partial charge in [0.1, 0.15) is 11.8 Å². The molecule has 2 rings (SSSR count). The van der Waals surface area contributed by atoms with Crippen LogP contribution < -0.4 is 15.8 Å². The molecule has 0 saturated heterocycles. The van der Waals surface area contributed by atoms with Gasteiger partial charge in [0, 0.05) is 18.8 Å². The van der Waals surface area contributed by atoms with Crippen molar-refractivity contribution in [3.63, 3.8) is 0 Å². The normalized spacial score (nSPS) is 12.0. The molecule has 0 radical (unpaired) electrons. The number of benzene rings is 1. The first-order chi connectivity index (χ1) is 10.0. The highest BCUT2D eigenvalue weighted by atomic mass is 16.5. The van der Waals surface area contributed by atoms with Gasteiger partial charge in [-0.2, -0.15) is 5.10 Å². The van der Waals surface area contributed by atoms with Crippen LogP contribution in [0.5, 0.6) is 5.75 Å². The van der Waals surface area contributed by atoms with Crippen molar-refractivity contribution in [2.45, 2.75) is 19.9 Å². The maximum Gasteiger partial charge on any atom is 0.246 e. The molecule has 6 nitrogen and oxygen atoms in total. The van der Waals surface area contributed by atoms with Crippen LogP contribution in [0.2, 0.25) is 0 Å². The first kappa shape index (κ1) is 15.1. The van der Waals surface area contributed by atoms with E-state index in [-0.39, 0.29) is 5.91 Å². The Morgan fingerprint density at radius 3 is 2.90 bits per heavy atom. The minimum Gasteiger partial charge on any atom is -0.492 e. The second kappa shape index (κ2) is 6.41. The third-order valence-corrected chi connectivity index (χ3v) is 3.06. The molecule has 2 aromatic rings. The van der Waals surface area contributed by atoms with Crippen LogP contribution >= 0.6 is 0 Å². The lowest BCUT2D eigenvalue weighted by Crippen LogP contribution is -2.27. The van der Waals surface area contributed by atoms with Crippen molar-refractivity contribution < 1.29 is 9.53 Å². The molecule has 0 bridgehead atoms. The summed E-state index contributed by atoms with van der Waals surface area (Å²) in [6, 6.07) is 4.84. The number of nitrogens with zero attached hydrogens (tertiary/aromatic N) is 2. The van der Waals surface area contributed by atoms with E-state index in [1.54, 1.807) is 24.1 Å². The van der Waals surface area contributed by atoms with Crippen LogP contribution in [0, 0.1) is 6.92 Å². The number of anilines is 1. The van der Waals surface area contributed by atoms with Gasteiger partial charge < -0.3 is 15.8 Å². The molecule has 1 aromatic heterocycles. The quantitative estimate of drug-likeness (QED) is 0.878. The Hall–Kier alpha value is -2.34. The Morgan fingerprint density at radius 1 is 1.52 bits per heavy atom. The van der Waals surface area contributed by atoms with E-state index in [1.165, 1.54) is 0 Å². The maximum absolute atomic E-state index is 12.2. The summed E-state index contributed by atoms with van der Waals surface area (Å²) >= 11 is 0. The fraction of sp³-hybridized carbons (Fsp3) is 0.333. The van der Waals surface area contributed by atoms with Gasteiger partial charge in [-0.1, -0.05) is 6.07 Å². The maximum atomic E-state index is 12.2. The molecule has 0 saturated carbocycles. The number of nitrogens with one attached hydrogen (secondary N) is 1. The molecule has 0 aliphatic carbocycles. The van der Waals surface area contributed by atoms with Gasteiger partial charge >= 0.3 is 0 Å². The summed E-state index contributed by atoms with van der Waals surface area (Å²) in [4.78, 5) is 12.2. The predicted molar refractivity (Wildman–Crippen MR) is 81.1 cm³/mol. The average molecular weight is 288 g/mol. The largest absolute Gasteiger partial charge is 0.492 e. The number of aryl methyl sites for hydroxylation is 2. The number of nitrogens with two attached hydrogens (primary N) is 1. The standard InChI is InChI=1S/C15H20N4O2/c1-4-21-13-7-10(2)5-6-12(13)18-15(20)14(16)11-8-17-19(3)9-11/h5-9,14H,4,16H2,1-3H3,(H,18,20). The summed E-state index contributed by atoms with van der Waals surface area (Å²) in [5, 5.41) is 6.82. The highest BCUT2D eigenvalue weighted by Crippen LogP contribution is 2.26. The second-order valence-corrected chi connectivity index (χ2v) is 4.85. The van der Waals surface area contributed by atoms with E-state index in [2.05, 4.69) is 10.4 Å². The molecule has 0 aliphatic heterocycles. The Bertz CT molecular complexity index is 636. The van der Waals surface area contributed by atoms with Gasteiger partial charge in [-0.25, -0.2) is 0 Å². The number of carbonyl (C=O) groups excluding carboxylic acids is 1. The van der Waals surface area contributed by atoms with Crippen LogP contribution in [0.25, 0.3) is 0 Å². The number of aromatic nitrogens is 2. The van der Waals surface area contributed by atoms with Crippen molar-refractivity contribution in [3.8, 4) is 5.75 Å². The van der Waals surface area contributed by atoms with E-state index >= 15 is 0 Å². The van der Waals surface area contributed by atoms with Crippen molar-refractivity contribution in [2.24, 2.45) is 12.8 Å². The van der Waals surface area contributed by atoms with Crippen LogP contribution in [0.3, 0.4) is 0 Å². The zero-order valence-corrected chi connectivity index (χ0v) is 12.5. The van der Waals surface area contributed by atoms with Gasteiger partial charge in [-0.3, -0.25) is 9.48 Å². The van der Waals surface area contributed by atoms with Crippen LogP contribution in [0.1, 0.15) is 24.1 Å². The summed E-state index contributed by atoms with van der Waals surface area (Å²) in [5.41, 5.74) is 8.29. The zero-order valence-electron chi connectivity index (χ0n) is 12.5. The summed E-state index contributed by atoms with van der Waals surface area (Å²) in [7, 11) is 1.78. The topological polar surface area (TPSA) is 82.2 Å². The van der Waals surface area contributed by atoms with E-state index in [9.17, 15) is 4.79 Å². The highest BCUT2D eigenvalue weighted by molar-refractivity contribution is 5.96. The van der Waals surface area contributed by atoms with Crippen molar-refractivity contribution in [2.75, 3.05) is 11.9 Å². The highest BCUT2D eigenvalue weighted by Gasteiger charge is 2.18.